The van der Waals surface area contributed by atoms with Gasteiger partial charge in [-0.3, -0.25) is 9.78 Å². The van der Waals surface area contributed by atoms with Crippen molar-refractivity contribution >= 4 is 34.9 Å². The quantitative estimate of drug-likeness (QED) is 0.850. The number of pyridine rings is 1. The van der Waals surface area contributed by atoms with Crippen LogP contribution in [-0.4, -0.2) is 20.9 Å². The summed E-state index contributed by atoms with van der Waals surface area (Å²) >= 11 is 11.5. The highest BCUT2D eigenvalue weighted by atomic mass is 35.5. The van der Waals surface area contributed by atoms with Gasteiger partial charge in [0.25, 0.3) is 5.91 Å². The second-order valence-corrected chi connectivity index (χ2v) is 3.83. The van der Waals surface area contributed by atoms with Crippen LogP contribution in [0.25, 0.3) is 0 Å². The molecule has 2 aromatic heterocycles. The van der Waals surface area contributed by atoms with E-state index in [1.807, 2.05) is 0 Å². The van der Waals surface area contributed by atoms with E-state index in [4.69, 9.17) is 23.2 Å². The third kappa shape index (κ3) is 2.89. The molecule has 0 aromatic carbocycles. The summed E-state index contributed by atoms with van der Waals surface area (Å²) in [7, 11) is 0. The number of hydrogen-bond donors (Lipinski definition) is 1. The second-order valence-electron chi connectivity index (χ2n) is 3.04. The van der Waals surface area contributed by atoms with Crippen molar-refractivity contribution in [3.63, 3.8) is 0 Å². The summed E-state index contributed by atoms with van der Waals surface area (Å²) in [4.78, 5) is 23.2. The lowest BCUT2D eigenvalue weighted by Gasteiger charge is -2.04. The van der Waals surface area contributed by atoms with Crippen LogP contribution in [0.15, 0.2) is 30.9 Å². The minimum absolute atomic E-state index is 0.243. The Bertz CT molecular complexity index is 562. The predicted molar refractivity (Wildman–Crippen MR) is 64.2 cm³/mol. The molecule has 0 saturated heterocycles. The maximum absolute atomic E-state index is 11.8. The molecule has 0 spiro atoms. The Morgan fingerprint density at radius 1 is 1.29 bits per heavy atom. The first kappa shape index (κ1) is 11.8. The largest absolute Gasteiger partial charge is 0.306 e. The summed E-state index contributed by atoms with van der Waals surface area (Å²) in [6, 6.07) is 2.97. The van der Waals surface area contributed by atoms with Gasteiger partial charge < -0.3 is 5.32 Å². The van der Waals surface area contributed by atoms with Gasteiger partial charge in [-0.1, -0.05) is 23.2 Å². The number of nitrogens with zero attached hydrogens (tertiary/aromatic N) is 3. The van der Waals surface area contributed by atoms with Crippen LogP contribution < -0.4 is 5.32 Å². The molecule has 0 aliphatic heterocycles. The van der Waals surface area contributed by atoms with E-state index >= 15 is 0 Å². The average Bonchev–Trinajstić information content (AvgIpc) is 2.29. The van der Waals surface area contributed by atoms with E-state index in [-0.39, 0.29) is 10.7 Å². The SMILES string of the molecule is O=C(Nc1cc(Cl)ncn1)c1cnccc1Cl. The molecule has 0 saturated carbocycles. The maximum Gasteiger partial charge on any atom is 0.259 e. The lowest BCUT2D eigenvalue weighted by molar-refractivity contribution is 0.102. The number of amides is 1. The molecule has 0 fully saturated rings. The molecule has 7 heteroatoms. The van der Waals surface area contributed by atoms with Crippen LogP contribution in [0.4, 0.5) is 5.82 Å². The summed E-state index contributed by atoms with van der Waals surface area (Å²) in [6.45, 7) is 0. The van der Waals surface area contributed by atoms with Crippen molar-refractivity contribution in [2.24, 2.45) is 0 Å². The molecular weight excluding hydrogens is 263 g/mol. The van der Waals surface area contributed by atoms with Crippen LogP contribution in [0.2, 0.25) is 10.2 Å². The van der Waals surface area contributed by atoms with E-state index < -0.39 is 5.91 Å². The minimum Gasteiger partial charge on any atom is -0.306 e. The Morgan fingerprint density at radius 2 is 2.12 bits per heavy atom. The van der Waals surface area contributed by atoms with E-state index in [2.05, 4.69) is 20.3 Å². The van der Waals surface area contributed by atoms with E-state index in [1.165, 1.54) is 30.9 Å². The van der Waals surface area contributed by atoms with Crippen molar-refractivity contribution in [1.29, 1.82) is 0 Å². The van der Waals surface area contributed by atoms with Crippen LogP contribution in [-0.2, 0) is 0 Å². The highest BCUT2D eigenvalue weighted by Crippen LogP contribution is 2.15. The van der Waals surface area contributed by atoms with Gasteiger partial charge in [0.2, 0.25) is 0 Å². The van der Waals surface area contributed by atoms with Gasteiger partial charge in [-0.15, -0.1) is 0 Å². The molecule has 2 heterocycles. The van der Waals surface area contributed by atoms with Gasteiger partial charge in [-0.25, -0.2) is 9.97 Å². The summed E-state index contributed by atoms with van der Waals surface area (Å²) in [5, 5.41) is 3.10. The number of hydrogen-bond acceptors (Lipinski definition) is 4. The Kier molecular flexibility index (Phi) is 3.51. The molecule has 0 aliphatic rings. The lowest BCUT2D eigenvalue weighted by atomic mass is 10.2. The molecule has 0 bridgehead atoms. The van der Waals surface area contributed by atoms with Crippen LogP contribution in [0.5, 0.6) is 0 Å². The number of aromatic nitrogens is 3. The first-order chi connectivity index (χ1) is 8.16. The first-order valence-corrected chi connectivity index (χ1v) is 5.31. The maximum atomic E-state index is 11.8. The summed E-state index contributed by atoms with van der Waals surface area (Å²) in [5.41, 5.74) is 0.268. The highest BCUT2D eigenvalue weighted by Gasteiger charge is 2.11. The Balaban J connectivity index is 2.20. The van der Waals surface area contributed by atoms with Gasteiger partial charge in [-0.05, 0) is 6.07 Å². The molecule has 0 radical (unpaired) electrons. The van der Waals surface area contributed by atoms with Crippen molar-refractivity contribution in [2.75, 3.05) is 5.32 Å². The zero-order valence-electron chi connectivity index (χ0n) is 8.39. The van der Waals surface area contributed by atoms with Gasteiger partial charge in [-0.2, -0.15) is 0 Å². The topological polar surface area (TPSA) is 67.8 Å². The molecule has 0 unspecified atom stereocenters. The normalized spacial score (nSPS) is 10.0. The molecule has 5 nitrogen and oxygen atoms in total. The first-order valence-electron chi connectivity index (χ1n) is 4.55. The van der Waals surface area contributed by atoms with E-state index in [0.29, 0.717) is 10.8 Å². The lowest BCUT2D eigenvalue weighted by Crippen LogP contribution is -2.13. The summed E-state index contributed by atoms with van der Waals surface area (Å²) in [5.74, 6) is -0.104. The monoisotopic (exact) mass is 268 g/mol. The molecule has 2 aromatic rings. The van der Waals surface area contributed by atoms with Crippen LogP contribution in [0.3, 0.4) is 0 Å². The van der Waals surface area contributed by atoms with Crippen molar-refractivity contribution in [3.8, 4) is 0 Å². The molecule has 0 atom stereocenters. The number of carbonyl (C=O) groups is 1. The smallest absolute Gasteiger partial charge is 0.259 e. The zero-order chi connectivity index (χ0) is 12.3. The van der Waals surface area contributed by atoms with Crippen LogP contribution in [0, 0.1) is 0 Å². The van der Waals surface area contributed by atoms with E-state index in [0.717, 1.165) is 0 Å². The van der Waals surface area contributed by atoms with Gasteiger partial charge in [0.05, 0.1) is 10.6 Å². The van der Waals surface area contributed by atoms with E-state index in [1.54, 1.807) is 0 Å². The fraction of sp³-hybridized carbons (Fsp3) is 0. The zero-order valence-corrected chi connectivity index (χ0v) is 9.90. The van der Waals surface area contributed by atoms with Crippen LogP contribution >= 0.6 is 23.2 Å². The molecule has 17 heavy (non-hydrogen) atoms. The number of nitrogens with one attached hydrogen (secondary N) is 1. The van der Waals surface area contributed by atoms with Gasteiger partial charge in [0.1, 0.15) is 17.3 Å². The van der Waals surface area contributed by atoms with Crippen molar-refractivity contribution in [3.05, 3.63) is 46.6 Å². The average molecular weight is 269 g/mol. The summed E-state index contributed by atoms with van der Waals surface area (Å²) in [6.07, 6.45) is 4.13. The third-order valence-corrected chi connectivity index (χ3v) is 2.42. The number of rotatable bonds is 2. The van der Waals surface area contributed by atoms with Gasteiger partial charge in [0.15, 0.2) is 0 Å². The standard InChI is InChI=1S/C10H6Cl2N4O/c11-7-1-2-13-4-6(7)10(17)16-9-3-8(12)14-5-15-9/h1-5H,(H,14,15,16,17). The molecule has 0 aliphatic carbocycles. The molecule has 86 valence electrons. The van der Waals surface area contributed by atoms with E-state index in [9.17, 15) is 4.79 Å². The molecule has 1 amide bonds. The Morgan fingerprint density at radius 3 is 2.82 bits per heavy atom. The number of halogens is 2. The van der Waals surface area contributed by atoms with Crippen molar-refractivity contribution < 1.29 is 4.79 Å². The predicted octanol–water partition coefficient (Wildman–Crippen LogP) is 2.43. The van der Waals surface area contributed by atoms with Gasteiger partial charge >= 0.3 is 0 Å². The fourth-order valence-corrected chi connectivity index (χ4v) is 1.47. The van der Waals surface area contributed by atoms with Crippen LogP contribution in [0.1, 0.15) is 10.4 Å². The minimum atomic E-state index is -0.405. The third-order valence-electron chi connectivity index (χ3n) is 1.89. The van der Waals surface area contributed by atoms with Gasteiger partial charge in [0, 0.05) is 18.5 Å². The Hall–Kier alpha value is -1.72. The fourth-order valence-electron chi connectivity index (χ4n) is 1.13. The van der Waals surface area contributed by atoms with Crippen molar-refractivity contribution in [2.45, 2.75) is 0 Å². The second kappa shape index (κ2) is 5.07. The molecular formula is C10H6Cl2N4O. The summed E-state index contributed by atoms with van der Waals surface area (Å²) < 4.78 is 0. The molecule has 2 rings (SSSR count). The van der Waals surface area contributed by atoms with Crippen molar-refractivity contribution in [1.82, 2.24) is 15.0 Å². The Labute approximate surface area is 107 Å². The molecule has 1 N–H and O–H groups in total. The number of carbonyl (C=O) groups excluding carboxylic acids is 1. The highest BCUT2D eigenvalue weighted by molar-refractivity contribution is 6.34. The number of anilines is 1.